The van der Waals surface area contributed by atoms with Gasteiger partial charge in [0.2, 0.25) is 0 Å². The molecule has 0 unspecified atom stereocenters. The minimum Gasteiger partial charge on any atom is -0.301 e. The Hall–Kier alpha value is 0.250. The summed E-state index contributed by atoms with van der Waals surface area (Å²) in [4.78, 5) is 2.55. The summed E-state index contributed by atoms with van der Waals surface area (Å²) < 4.78 is 0. The predicted molar refractivity (Wildman–Crippen MR) is 70.8 cm³/mol. The van der Waals surface area contributed by atoms with Gasteiger partial charge in [0.25, 0.3) is 0 Å². The maximum Gasteiger partial charge on any atom is 0.0235 e. The molecule has 0 spiro atoms. The molecule has 0 bridgehead atoms. The summed E-state index contributed by atoms with van der Waals surface area (Å²) in [5.41, 5.74) is 0. The van der Waals surface area contributed by atoms with Crippen molar-refractivity contribution in [3.63, 3.8) is 0 Å². The van der Waals surface area contributed by atoms with E-state index in [4.69, 9.17) is 11.6 Å². The van der Waals surface area contributed by atoms with E-state index in [0.29, 0.717) is 6.04 Å². The molecule has 0 radical (unpaired) electrons. The molecule has 0 N–H and O–H groups in total. The van der Waals surface area contributed by atoms with E-state index in [9.17, 15) is 0 Å². The molecule has 0 aliphatic rings. The Morgan fingerprint density at radius 2 is 1.53 bits per heavy atom. The van der Waals surface area contributed by atoms with Crippen molar-refractivity contribution in [3.8, 4) is 0 Å². The molecule has 0 fully saturated rings. The predicted octanol–water partition coefficient (Wildman–Crippen LogP) is 4.30. The maximum absolute atomic E-state index is 5.73. The Bertz CT molecular complexity index is 126. The summed E-state index contributed by atoms with van der Waals surface area (Å²) >= 11 is 5.73. The fraction of sp³-hybridized carbons (Fsp3) is 1.00. The normalized spacial score (nSPS) is 11.6. The minimum atomic E-state index is 0.666. The van der Waals surface area contributed by atoms with E-state index < -0.39 is 0 Å². The monoisotopic (exact) mass is 233 g/mol. The Labute approximate surface area is 101 Å². The Morgan fingerprint density at radius 1 is 0.933 bits per heavy atom. The average molecular weight is 234 g/mol. The molecule has 2 heteroatoms. The number of hydrogen-bond donors (Lipinski definition) is 0. The van der Waals surface area contributed by atoms with Crippen molar-refractivity contribution < 1.29 is 0 Å². The van der Waals surface area contributed by atoms with Gasteiger partial charge < -0.3 is 4.90 Å². The summed E-state index contributed by atoms with van der Waals surface area (Å²) in [7, 11) is 0. The fourth-order valence-corrected chi connectivity index (χ4v) is 1.93. The second kappa shape index (κ2) is 10.8. The molecule has 15 heavy (non-hydrogen) atoms. The zero-order valence-corrected chi connectivity index (χ0v) is 11.5. The SMILES string of the molecule is CCCCCCCN(CCCCl)C(C)C. The van der Waals surface area contributed by atoms with Crippen LogP contribution in [0.4, 0.5) is 0 Å². The highest BCUT2D eigenvalue weighted by atomic mass is 35.5. The maximum atomic E-state index is 5.73. The van der Waals surface area contributed by atoms with Crippen LogP contribution in [-0.2, 0) is 0 Å². The molecule has 0 saturated heterocycles. The lowest BCUT2D eigenvalue weighted by Gasteiger charge is -2.26. The highest BCUT2D eigenvalue weighted by Gasteiger charge is 2.07. The highest BCUT2D eigenvalue weighted by molar-refractivity contribution is 6.17. The van der Waals surface area contributed by atoms with Crippen LogP contribution < -0.4 is 0 Å². The zero-order valence-electron chi connectivity index (χ0n) is 10.8. The van der Waals surface area contributed by atoms with E-state index in [1.54, 1.807) is 0 Å². The zero-order chi connectivity index (χ0) is 11.5. The smallest absolute Gasteiger partial charge is 0.0235 e. The van der Waals surface area contributed by atoms with Gasteiger partial charge in [0, 0.05) is 11.9 Å². The summed E-state index contributed by atoms with van der Waals surface area (Å²) in [6.07, 6.45) is 7.98. The van der Waals surface area contributed by atoms with Crippen LogP contribution in [0.25, 0.3) is 0 Å². The van der Waals surface area contributed by atoms with E-state index in [-0.39, 0.29) is 0 Å². The van der Waals surface area contributed by atoms with Crippen LogP contribution >= 0.6 is 11.6 Å². The molecule has 1 nitrogen and oxygen atoms in total. The molecule has 0 rings (SSSR count). The molecular formula is C13H28ClN. The van der Waals surface area contributed by atoms with Gasteiger partial charge in [-0.3, -0.25) is 0 Å². The molecule has 0 aliphatic heterocycles. The molecule has 0 aromatic rings. The lowest BCUT2D eigenvalue weighted by atomic mass is 10.1. The molecule has 0 aliphatic carbocycles. The second-order valence-corrected chi connectivity index (χ2v) is 4.96. The van der Waals surface area contributed by atoms with Gasteiger partial charge in [-0.1, -0.05) is 32.6 Å². The van der Waals surface area contributed by atoms with Gasteiger partial charge in [0.15, 0.2) is 0 Å². The lowest BCUT2D eigenvalue weighted by molar-refractivity contribution is 0.217. The van der Waals surface area contributed by atoms with E-state index >= 15 is 0 Å². The lowest BCUT2D eigenvalue weighted by Crippen LogP contribution is -2.33. The average Bonchev–Trinajstić information content (AvgIpc) is 2.21. The molecule has 0 heterocycles. The van der Waals surface area contributed by atoms with Crippen LogP contribution in [0.5, 0.6) is 0 Å². The Balaban J connectivity index is 3.48. The van der Waals surface area contributed by atoms with Gasteiger partial charge in [-0.2, -0.15) is 0 Å². The van der Waals surface area contributed by atoms with E-state index in [1.807, 2.05) is 0 Å². The molecule has 0 aromatic heterocycles. The Morgan fingerprint density at radius 3 is 2.07 bits per heavy atom. The highest BCUT2D eigenvalue weighted by Crippen LogP contribution is 2.07. The van der Waals surface area contributed by atoms with Gasteiger partial charge >= 0.3 is 0 Å². The number of alkyl halides is 1. The largest absolute Gasteiger partial charge is 0.301 e. The number of halogens is 1. The van der Waals surface area contributed by atoms with E-state index in [0.717, 1.165) is 18.8 Å². The van der Waals surface area contributed by atoms with Crippen LogP contribution in [0, 0.1) is 0 Å². The first-order valence-corrected chi connectivity index (χ1v) is 7.05. The van der Waals surface area contributed by atoms with Gasteiger partial charge in [-0.25, -0.2) is 0 Å². The third-order valence-electron chi connectivity index (χ3n) is 2.86. The number of nitrogens with zero attached hydrogens (tertiary/aromatic N) is 1. The summed E-state index contributed by atoms with van der Waals surface area (Å²) in [6.45, 7) is 9.23. The standard InChI is InChI=1S/C13H28ClN/c1-4-5-6-7-8-11-15(13(2)3)12-9-10-14/h13H,4-12H2,1-3H3. The Kier molecular flexibility index (Phi) is 10.9. The summed E-state index contributed by atoms with van der Waals surface area (Å²) in [5, 5.41) is 0. The van der Waals surface area contributed by atoms with Crippen molar-refractivity contribution in [2.24, 2.45) is 0 Å². The minimum absolute atomic E-state index is 0.666. The molecular weight excluding hydrogens is 206 g/mol. The topological polar surface area (TPSA) is 3.24 Å². The van der Waals surface area contributed by atoms with E-state index in [2.05, 4.69) is 25.7 Å². The first kappa shape index (κ1) is 15.2. The van der Waals surface area contributed by atoms with Crippen LogP contribution in [0.2, 0.25) is 0 Å². The van der Waals surface area contributed by atoms with Crippen LogP contribution in [0.15, 0.2) is 0 Å². The first-order valence-electron chi connectivity index (χ1n) is 6.52. The number of rotatable bonds is 10. The molecule has 0 amide bonds. The molecule has 0 aromatic carbocycles. The molecule has 0 saturated carbocycles. The van der Waals surface area contributed by atoms with Gasteiger partial charge in [0.05, 0.1) is 0 Å². The van der Waals surface area contributed by atoms with Crippen molar-refractivity contribution in [1.82, 2.24) is 4.90 Å². The third-order valence-corrected chi connectivity index (χ3v) is 3.13. The van der Waals surface area contributed by atoms with E-state index in [1.165, 1.54) is 38.6 Å². The molecule has 92 valence electrons. The van der Waals surface area contributed by atoms with Crippen molar-refractivity contribution in [2.45, 2.75) is 65.3 Å². The van der Waals surface area contributed by atoms with Crippen molar-refractivity contribution >= 4 is 11.6 Å². The summed E-state index contributed by atoms with van der Waals surface area (Å²) in [5.74, 6) is 0.791. The quantitative estimate of drug-likeness (QED) is 0.402. The van der Waals surface area contributed by atoms with Crippen molar-refractivity contribution in [2.75, 3.05) is 19.0 Å². The van der Waals surface area contributed by atoms with Crippen LogP contribution in [0.3, 0.4) is 0 Å². The van der Waals surface area contributed by atoms with Crippen molar-refractivity contribution in [1.29, 1.82) is 0 Å². The molecule has 0 atom stereocenters. The van der Waals surface area contributed by atoms with Gasteiger partial charge in [0.1, 0.15) is 0 Å². The van der Waals surface area contributed by atoms with Crippen molar-refractivity contribution in [3.05, 3.63) is 0 Å². The second-order valence-electron chi connectivity index (χ2n) is 4.59. The number of unbranched alkanes of at least 4 members (excludes halogenated alkanes) is 4. The number of hydrogen-bond acceptors (Lipinski definition) is 1. The van der Waals surface area contributed by atoms with Gasteiger partial charge in [-0.15, -0.1) is 11.6 Å². The van der Waals surface area contributed by atoms with Gasteiger partial charge in [-0.05, 0) is 39.8 Å². The summed E-state index contributed by atoms with van der Waals surface area (Å²) in [6, 6.07) is 0.666. The first-order chi connectivity index (χ1) is 7.22. The van der Waals surface area contributed by atoms with Crippen LogP contribution in [0.1, 0.15) is 59.3 Å². The third kappa shape index (κ3) is 9.19. The van der Waals surface area contributed by atoms with Crippen LogP contribution in [-0.4, -0.2) is 29.9 Å². The fourth-order valence-electron chi connectivity index (χ4n) is 1.81.